The zero-order chi connectivity index (χ0) is 26.9. The van der Waals surface area contributed by atoms with Crippen LogP contribution in [0.5, 0.6) is 11.5 Å². The van der Waals surface area contributed by atoms with Gasteiger partial charge in [0.15, 0.2) is 18.1 Å². The molecule has 0 aromatic heterocycles. The van der Waals surface area contributed by atoms with E-state index in [0.29, 0.717) is 39.5 Å². The number of nitriles is 1. The number of nitrogens with one attached hydrogen (secondary N) is 2. The number of benzene rings is 3. The summed E-state index contributed by atoms with van der Waals surface area (Å²) in [5.74, 6) is -0.119. The van der Waals surface area contributed by atoms with Crippen LogP contribution >= 0.6 is 15.9 Å². The summed E-state index contributed by atoms with van der Waals surface area (Å²) in [4.78, 5) is 25.2. The lowest BCUT2D eigenvalue weighted by Gasteiger charge is -2.15. The molecule has 0 spiro atoms. The highest BCUT2D eigenvalue weighted by Gasteiger charge is 2.16. The third-order valence-corrected chi connectivity index (χ3v) is 6.13. The molecule has 37 heavy (non-hydrogen) atoms. The first-order valence-electron chi connectivity index (χ1n) is 11.7. The minimum atomic E-state index is -0.519. The van der Waals surface area contributed by atoms with E-state index in [4.69, 9.17) is 9.47 Å². The average Bonchev–Trinajstić information content (AvgIpc) is 2.85. The third-order valence-electron chi connectivity index (χ3n) is 5.54. The highest BCUT2D eigenvalue weighted by Crippen LogP contribution is 2.37. The van der Waals surface area contributed by atoms with Crippen LogP contribution in [-0.2, 0) is 9.59 Å². The number of hydrogen-bond donors (Lipinski definition) is 2. The molecule has 0 bridgehead atoms. The summed E-state index contributed by atoms with van der Waals surface area (Å²) in [6.45, 7) is 7.80. The SMILES string of the molecule is CCOc1cc(/C=C(/C#N)C(=O)Nc2ccccc2C)cc(Br)c1OCC(=O)Nc1ccc(C)c(C)c1. The van der Waals surface area contributed by atoms with Crippen molar-refractivity contribution in [2.45, 2.75) is 27.7 Å². The minimum Gasteiger partial charge on any atom is -0.490 e. The molecular weight excluding hydrogens is 534 g/mol. The lowest BCUT2D eigenvalue weighted by Crippen LogP contribution is -2.20. The maximum absolute atomic E-state index is 12.7. The first-order chi connectivity index (χ1) is 17.7. The Balaban J connectivity index is 1.77. The van der Waals surface area contributed by atoms with Crippen molar-refractivity contribution in [2.75, 3.05) is 23.8 Å². The summed E-state index contributed by atoms with van der Waals surface area (Å²) >= 11 is 3.47. The Bertz CT molecular complexity index is 1390. The van der Waals surface area contributed by atoms with Gasteiger partial charge in [-0.15, -0.1) is 0 Å². The van der Waals surface area contributed by atoms with E-state index in [1.54, 1.807) is 18.2 Å². The summed E-state index contributed by atoms with van der Waals surface area (Å²) in [6.07, 6.45) is 1.47. The Morgan fingerprint density at radius 3 is 2.41 bits per heavy atom. The van der Waals surface area contributed by atoms with Crippen molar-refractivity contribution in [3.63, 3.8) is 0 Å². The Morgan fingerprint density at radius 1 is 0.973 bits per heavy atom. The highest BCUT2D eigenvalue weighted by atomic mass is 79.9. The summed E-state index contributed by atoms with van der Waals surface area (Å²) in [5, 5.41) is 15.2. The average molecular weight is 562 g/mol. The molecule has 0 saturated heterocycles. The molecule has 7 nitrogen and oxygen atoms in total. The molecule has 3 aromatic carbocycles. The fraction of sp³-hybridized carbons (Fsp3) is 0.207. The van der Waals surface area contributed by atoms with Crippen LogP contribution in [-0.4, -0.2) is 25.0 Å². The number of ether oxygens (including phenoxy) is 2. The van der Waals surface area contributed by atoms with Crippen LogP contribution in [0.25, 0.3) is 6.08 Å². The van der Waals surface area contributed by atoms with Gasteiger partial charge in [0.25, 0.3) is 11.8 Å². The van der Waals surface area contributed by atoms with E-state index < -0.39 is 5.91 Å². The monoisotopic (exact) mass is 561 g/mol. The van der Waals surface area contributed by atoms with Crippen molar-refractivity contribution >= 4 is 45.2 Å². The smallest absolute Gasteiger partial charge is 0.266 e. The number of nitrogens with zero attached hydrogens (tertiary/aromatic N) is 1. The van der Waals surface area contributed by atoms with Gasteiger partial charge in [-0.2, -0.15) is 5.26 Å². The van der Waals surface area contributed by atoms with Crippen LogP contribution in [0.4, 0.5) is 11.4 Å². The normalized spacial score (nSPS) is 10.9. The number of rotatable bonds is 9. The zero-order valence-corrected chi connectivity index (χ0v) is 22.7. The highest BCUT2D eigenvalue weighted by molar-refractivity contribution is 9.10. The minimum absolute atomic E-state index is 0.0703. The van der Waals surface area contributed by atoms with E-state index in [0.717, 1.165) is 16.7 Å². The van der Waals surface area contributed by atoms with E-state index in [-0.39, 0.29) is 18.1 Å². The first-order valence-corrected chi connectivity index (χ1v) is 12.5. The Morgan fingerprint density at radius 2 is 1.73 bits per heavy atom. The van der Waals surface area contributed by atoms with Gasteiger partial charge in [0.2, 0.25) is 0 Å². The van der Waals surface area contributed by atoms with E-state index in [1.165, 1.54) is 6.08 Å². The molecule has 8 heteroatoms. The van der Waals surface area contributed by atoms with Gasteiger partial charge in [-0.1, -0.05) is 24.3 Å². The standard InChI is InChI=1S/C29H28BrN3O4/c1-5-36-26-15-21(13-22(16-31)29(35)33-25-9-7-6-8-19(25)3)14-24(30)28(26)37-17-27(34)32-23-11-10-18(2)20(4)12-23/h6-15H,5,17H2,1-4H3,(H,32,34)(H,33,35)/b22-13-. The maximum atomic E-state index is 12.7. The van der Waals surface area contributed by atoms with Crippen LogP contribution in [0.3, 0.4) is 0 Å². The second-order valence-electron chi connectivity index (χ2n) is 8.34. The van der Waals surface area contributed by atoms with Crippen molar-refractivity contribution in [3.8, 4) is 17.6 Å². The third kappa shape index (κ3) is 7.45. The number of halogens is 1. The van der Waals surface area contributed by atoms with E-state index in [9.17, 15) is 14.9 Å². The Labute approximate surface area is 225 Å². The number of para-hydroxylation sites is 1. The maximum Gasteiger partial charge on any atom is 0.266 e. The van der Waals surface area contributed by atoms with Gasteiger partial charge in [0, 0.05) is 11.4 Å². The number of carbonyl (C=O) groups is 2. The molecule has 0 saturated carbocycles. The van der Waals surface area contributed by atoms with Crippen LogP contribution in [0, 0.1) is 32.1 Å². The van der Waals surface area contributed by atoms with Gasteiger partial charge in [-0.25, -0.2) is 0 Å². The van der Waals surface area contributed by atoms with Gasteiger partial charge in [0.1, 0.15) is 11.6 Å². The van der Waals surface area contributed by atoms with Crippen molar-refractivity contribution in [1.29, 1.82) is 5.26 Å². The van der Waals surface area contributed by atoms with Gasteiger partial charge < -0.3 is 20.1 Å². The molecule has 190 valence electrons. The molecular formula is C29H28BrN3O4. The van der Waals surface area contributed by atoms with E-state index >= 15 is 0 Å². The zero-order valence-electron chi connectivity index (χ0n) is 21.1. The van der Waals surface area contributed by atoms with Gasteiger partial charge in [-0.05, 0) is 102 Å². The van der Waals surface area contributed by atoms with E-state index in [1.807, 2.05) is 70.2 Å². The largest absolute Gasteiger partial charge is 0.490 e. The number of aryl methyl sites for hydroxylation is 3. The lowest BCUT2D eigenvalue weighted by atomic mass is 10.1. The van der Waals surface area contributed by atoms with Crippen molar-refractivity contribution < 1.29 is 19.1 Å². The van der Waals surface area contributed by atoms with Crippen LogP contribution in [0.2, 0.25) is 0 Å². The molecule has 0 fully saturated rings. The fourth-order valence-electron chi connectivity index (χ4n) is 3.45. The second kappa shape index (κ2) is 12.7. The Hall–Kier alpha value is -4.09. The van der Waals surface area contributed by atoms with Crippen LogP contribution in [0.1, 0.15) is 29.2 Å². The molecule has 0 atom stereocenters. The number of amides is 2. The van der Waals surface area contributed by atoms with Gasteiger partial charge in [-0.3, -0.25) is 9.59 Å². The topological polar surface area (TPSA) is 100 Å². The summed E-state index contributed by atoms with van der Waals surface area (Å²) in [6, 6.07) is 18.3. The first kappa shape index (κ1) is 27.5. The van der Waals surface area contributed by atoms with Crippen molar-refractivity contribution in [2.24, 2.45) is 0 Å². The molecule has 0 aliphatic rings. The molecule has 0 unspecified atom stereocenters. The fourth-order valence-corrected chi connectivity index (χ4v) is 4.02. The molecule has 0 aliphatic carbocycles. The summed E-state index contributed by atoms with van der Waals surface area (Å²) < 4.78 is 12.0. The second-order valence-corrected chi connectivity index (χ2v) is 9.19. The van der Waals surface area contributed by atoms with Gasteiger partial charge in [0.05, 0.1) is 11.1 Å². The molecule has 0 aliphatic heterocycles. The quantitative estimate of drug-likeness (QED) is 0.234. The summed E-state index contributed by atoms with van der Waals surface area (Å²) in [7, 11) is 0. The number of anilines is 2. The van der Waals surface area contributed by atoms with Gasteiger partial charge >= 0.3 is 0 Å². The van der Waals surface area contributed by atoms with E-state index in [2.05, 4.69) is 26.6 Å². The predicted octanol–water partition coefficient (Wildman–Crippen LogP) is 6.34. The predicted molar refractivity (Wildman–Crippen MR) is 149 cm³/mol. The number of carbonyl (C=O) groups excluding carboxylic acids is 2. The molecule has 0 radical (unpaired) electrons. The lowest BCUT2D eigenvalue weighted by molar-refractivity contribution is -0.118. The molecule has 2 N–H and O–H groups in total. The van der Waals surface area contributed by atoms with Crippen LogP contribution < -0.4 is 20.1 Å². The van der Waals surface area contributed by atoms with Crippen LogP contribution in [0.15, 0.2) is 64.6 Å². The molecule has 2 amide bonds. The van der Waals surface area contributed by atoms with Crippen molar-refractivity contribution in [1.82, 2.24) is 0 Å². The molecule has 0 heterocycles. The van der Waals surface area contributed by atoms with Crippen molar-refractivity contribution in [3.05, 3.63) is 86.9 Å². The molecule has 3 rings (SSSR count). The summed E-state index contributed by atoms with van der Waals surface area (Å²) in [5.41, 5.74) is 4.91. The number of hydrogen-bond acceptors (Lipinski definition) is 5. The Kier molecular flexibility index (Phi) is 9.47. The molecule has 3 aromatic rings.